The number of nitrogens with two attached hydrogens (primary N) is 1. The summed E-state index contributed by atoms with van der Waals surface area (Å²) < 4.78 is 0.747. The van der Waals surface area contributed by atoms with Gasteiger partial charge < -0.3 is 16.0 Å². The molecule has 3 rings (SSSR count). The molecule has 0 radical (unpaired) electrons. The third-order valence-corrected chi connectivity index (χ3v) is 4.56. The maximum atomic E-state index is 12.2. The molecule has 4 N–H and O–H groups in total. The number of hydrogen-bond acceptors (Lipinski definition) is 4. The Kier molecular flexibility index (Phi) is 3.42. The summed E-state index contributed by atoms with van der Waals surface area (Å²) in [6.07, 6.45) is 0. The number of hydrogen-bond donors (Lipinski definition) is 3. The highest BCUT2D eigenvalue weighted by Crippen LogP contribution is 2.29. The van der Waals surface area contributed by atoms with Gasteiger partial charge in [0.1, 0.15) is 6.04 Å². The summed E-state index contributed by atoms with van der Waals surface area (Å²) in [5, 5.41) is 3.85. The summed E-state index contributed by atoms with van der Waals surface area (Å²) in [6.45, 7) is 1.51. The van der Waals surface area contributed by atoms with Gasteiger partial charge in [-0.1, -0.05) is 18.2 Å². The average Bonchev–Trinajstić information content (AvgIpc) is 2.93. The highest BCUT2D eigenvalue weighted by molar-refractivity contribution is 7.21. The molecular formula is C15H13N3O3S. The van der Waals surface area contributed by atoms with Crippen LogP contribution >= 0.6 is 11.3 Å². The van der Waals surface area contributed by atoms with Crippen molar-refractivity contribution in [2.75, 3.05) is 0 Å². The summed E-state index contributed by atoms with van der Waals surface area (Å²) in [6, 6.07) is 8.17. The molecule has 0 saturated carbocycles. The van der Waals surface area contributed by atoms with Crippen LogP contribution in [0.3, 0.4) is 0 Å². The van der Waals surface area contributed by atoms with Crippen molar-refractivity contribution in [3.8, 4) is 0 Å². The lowest BCUT2D eigenvalue weighted by atomic mass is 10.2. The molecule has 0 aliphatic heterocycles. The molecule has 22 heavy (non-hydrogen) atoms. The monoisotopic (exact) mass is 315 g/mol. The fourth-order valence-electron chi connectivity index (χ4n) is 2.19. The fourth-order valence-corrected chi connectivity index (χ4v) is 3.29. The summed E-state index contributed by atoms with van der Waals surface area (Å²) >= 11 is 1.22. The van der Waals surface area contributed by atoms with Crippen LogP contribution in [-0.2, 0) is 4.79 Å². The first-order valence-corrected chi connectivity index (χ1v) is 7.44. The lowest BCUT2D eigenvalue weighted by Gasteiger charge is -2.08. The van der Waals surface area contributed by atoms with Gasteiger partial charge in [-0.2, -0.15) is 0 Å². The van der Waals surface area contributed by atoms with Gasteiger partial charge in [0.2, 0.25) is 5.91 Å². The van der Waals surface area contributed by atoms with Gasteiger partial charge in [0, 0.05) is 15.6 Å². The zero-order chi connectivity index (χ0) is 15.9. The Labute approximate surface area is 128 Å². The number of fused-ring (bicyclic) bond motifs is 3. The van der Waals surface area contributed by atoms with E-state index in [0.717, 1.165) is 15.6 Å². The van der Waals surface area contributed by atoms with Crippen LogP contribution in [0.15, 0.2) is 35.1 Å². The zero-order valence-electron chi connectivity index (χ0n) is 11.7. The SMILES string of the molecule is CC(NC(=O)c1cc2c(=O)[nH]c3ccccc3c2s1)C(N)=O. The van der Waals surface area contributed by atoms with Gasteiger partial charge in [0.15, 0.2) is 0 Å². The van der Waals surface area contributed by atoms with Crippen molar-refractivity contribution in [3.05, 3.63) is 45.6 Å². The predicted molar refractivity (Wildman–Crippen MR) is 86.1 cm³/mol. The largest absolute Gasteiger partial charge is 0.368 e. The molecule has 0 saturated heterocycles. The summed E-state index contributed by atoms with van der Waals surface area (Å²) in [5.41, 5.74) is 5.61. The van der Waals surface area contributed by atoms with E-state index in [1.54, 1.807) is 0 Å². The van der Waals surface area contributed by atoms with Crippen LogP contribution in [0.5, 0.6) is 0 Å². The van der Waals surface area contributed by atoms with Crippen molar-refractivity contribution in [3.63, 3.8) is 0 Å². The quantitative estimate of drug-likeness (QED) is 0.679. The number of nitrogens with one attached hydrogen (secondary N) is 2. The van der Waals surface area contributed by atoms with E-state index in [9.17, 15) is 14.4 Å². The van der Waals surface area contributed by atoms with Crippen molar-refractivity contribution in [2.24, 2.45) is 5.73 Å². The number of thiophene rings is 1. The molecule has 6 nitrogen and oxygen atoms in total. The number of aromatic amines is 1. The standard InChI is InChI=1S/C15H13N3O3S/c1-7(13(16)19)17-15(21)11-6-9-12(22-11)8-4-2-3-5-10(8)18-14(9)20/h2-7H,1H3,(H2,16,19)(H,17,21)(H,18,20). The molecule has 1 atom stereocenters. The van der Waals surface area contributed by atoms with E-state index in [2.05, 4.69) is 10.3 Å². The molecule has 2 amide bonds. The van der Waals surface area contributed by atoms with Gasteiger partial charge in [0.25, 0.3) is 11.5 Å². The molecule has 2 heterocycles. The minimum atomic E-state index is -0.771. The third-order valence-electron chi connectivity index (χ3n) is 3.39. The van der Waals surface area contributed by atoms with Gasteiger partial charge >= 0.3 is 0 Å². The Hall–Kier alpha value is -2.67. The number of aromatic nitrogens is 1. The Bertz CT molecular complexity index is 957. The van der Waals surface area contributed by atoms with E-state index in [-0.39, 0.29) is 5.56 Å². The van der Waals surface area contributed by atoms with E-state index in [1.807, 2.05) is 24.3 Å². The van der Waals surface area contributed by atoms with Gasteiger partial charge in [-0.3, -0.25) is 14.4 Å². The highest BCUT2D eigenvalue weighted by atomic mass is 32.1. The van der Waals surface area contributed by atoms with Crippen molar-refractivity contribution in [1.29, 1.82) is 0 Å². The molecule has 112 valence electrons. The van der Waals surface area contributed by atoms with Crippen molar-refractivity contribution >= 4 is 44.1 Å². The number of amides is 2. The van der Waals surface area contributed by atoms with Gasteiger partial charge in [-0.05, 0) is 19.1 Å². The second kappa shape index (κ2) is 5.27. The van der Waals surface area contributed by atoms with Crippen LogP contribution in [-0.4, -0.2) is 22.8 Å². The zero-order valence-corrected chi connectivity index (χ0v) is 12.5. The molecule has 0 aliphatic carbocycles. The van der Waals surface area contributed by atoms with E-state index >= 15 is 0 Å². The first-order valence-electron chi connectivity index (χ1n) is 6.62. The van der Waals surface area contributed by atoms with E-state index in [0.29, 0.717) is 10.3 Å². The molecule has 7 heteroatoms. The molecule has 0 aliphatic rings. The molecule has 1 aromatic carbocycles. The van der Waals surface area contributed by atoms with Crippen molar-refractivity contribution in [2.45, 2.75) is 13.0 Å². The van der Waals surface area contributed by atoms with Gasteiger partial charge in [0.05, 0.1) is 10.3 Å². The van der Waals surface area contributed by atoms with Crippen molar-refractivity contribution in [1.82, 2.24) is 10.3 Å². The van der Waals surface area contributed by atoms with Crippen LogP contribution in [0.2, 0.25) is 0 Å². The maximum absolute atomic E-state index is 12.2. The Morgan fingerprint density at radius 2 is 2.00 bits per heavy atom. The van der Waals surface area contributed by atoms with E-state index in [4.69, 9.17) is 5.73 Å². The third kappa shape index (κ3) is 2.35. The van der Waals surface area contributed by atoms with Gasteiger partial charge in [-0.25, -0.2) is 0 Å². The molecular weight excluding hydrogens is 302 g/mol. The number of carbonyl (C=O) groups is 2. The molecule has 0 spiro atoms. The van der Waals surface area contributed by atoms with Crippen LogP contribution in [0.4, 0.5) is 0 Å². The predicted octanol–water partition coefficient (Wildman–Crippen LogP) is 1.35. The summed E-state index contributed by atoms with van der Waals surface area (Å²) in [5.74, 6) is -1.03. The lowest BCUT2D eigenvalue weighted by Crippen LogP contribution is -2.41. The Morgan fingerprint density at radius 3 is 2.73 bits per heavy atom. The maximum Gasteiger partial charge on any atom is 0.262 e. The number of carbonyl (C=O) groups excluding carboxylic acids is 2. The second-order valence-corrected chi connectivity index (χ2v) is 6.00. The normalized spacial score (nSPS) is 12.4. The average molecular weight is 315 g/mol. The van der Waals surface area contributed by atoms with Crippen LogP contribution in [0.1, 0.15) is 16.6 Å². The number of pyridine rings is 1. The minimum Gasteiger partial charge on any atom is -0.368 e. The number of primary amides is 1. The number of rotatable bonds is 3. The number of H-pyrrole nitrogens is 1. The molecule has 2 aromatic heterocycles. The topological polar surface area (TPSA) is 105 Å². The smallest absolute Gasteiger partial charge is 0.262 e. The van der Waals surface area contributed by atoms with Crippen LogP contribution in [0, 0.1) is 0 Å². The lowest BCUT2D eigenvalue weighted by molar-refractivity contribution is -0.119. The molecule has 3 aromatic rings. The second-order valence-electron chi connectivity index (χ2n) is 4.95. The molecule has 0 bridgehead atoms. The van der Waals surface area contributed by atoms with Gasteiger partial charge in [-0.15, -0.1) is 11.3 Å². The molecule has 0 fully saturated rings. The first kappa shape index (κ1) is 14.3. The Balaban J connectivity index is 2.12. The molecule has 1 unspecified atom stereocenters. The van der Waals surface area contributed by atoms with E-state index < -0.39 is 17.9 Å². The van der Waals surface area contributed by atoms with E-state index in [1.165, 1.54) is 24.3 Å². The number of benzene rings is 1. The minimum absolute atomic E-state index is 0.244. The highest BCUT2D eigenvalue weighted by Gasteiger charge is 2.18. The summed E-state index contributed by atoms with van der Waals surface area (Å²) in [7, 11) is 0. The van der Waals surface area contributed by atoms with Crippen molar-refractivity contribution < 1.29 is 9.59 Å². The first-order chi connectivity index (χ1) is 10.5. The van der Waals surface area contributed by atoms with Crippen LogP contribution in [0.25, 0.3) is 21.0 Å². The van der Waals surface area contributed by atoms with Crippen LogP contribution < -0.4 is 16.6 Å². The fraction of sp³-hybridized carbons (Fsp3) is 0.133. The summed E-state index contributed by atoms with van der Waals surface area (Å²) in [4.78, 5) is 38.4. The Morgan fingerprint density at radius 1 is 1.27 bits per heavy atom. The number of para-hydroxylation sites is 1.